The van der Waals surface area contributed by atoms with E-state index in [4.69, 9.17) is 28.4 Å². The zero-order valence-corrected chi connectivity index (χ0v) is 22.6. The molecule has 4 rings (SSSR count). The van der Waals surface area contributed by atoms with Crippen LogP contribution in [0.3, 0.4) is 0 Å². The Hall–Kier alpha value is -0.880. The van der Waals surface area contributed by atoms with Crippen LogP contribution in [0.2, 0.25) is 0 Å². The molecule has 16 N–H and O–H groups in total. The van der Waals surface area contributed by atoms with Crippen molar-refractivity contribution in [2.45, 2.75) is 123 Å². The van der Waals surface area contributed by atoms with Gasteiger partial charge in [-0.05, 0) is 0 Å². The molecule has 22 nitrogen and oxygen atoms in total. The van der Waals surface area contributed by atoms with Crippen molar-refractivity contribution in [3.8, 4) is 0 Å². The third-order valence-electron chi connectivity index (χ3n) is 7.35. The molecule has 0 aliphatic carbocycles. The normalized spacial score (nSPS) is 53.5. The van der Waals surface area contributed by atoms with Crippen molar-refractivity contribution in [3.63, 3.8) is 0 Å². The van der Waals surface area contributed by atoms with Gasteiger partial charge in [-0.2, -0.15) is 0 Å². The molecule has 0 spiro atoms. The van der Waals surface area contributed by atoms with Crippen LogP contribution in [0.25, 0.3) is 0 Å². The summed E-state index contributed by atoms with van der Waals surface area (Å²) in [5.74, 6) is 0. The zero-order chi connectivity index (χ0) is 33.2. The van der Waals surface area contributed by atoms with Gasteiger partial charge < -0.3 is 110 Å². The van der Waals surface area contributed by atoms with E-state index >= 15 is 0 Å². The molecule has 0 bridgehead atoms. The molecule has 20 atom stereocenters. The lowest BCUT2D eigenvalue weighted by atomic mass is 9.98. The molecule has 0 aromatic rings. The van der Waals surface area contributed by atoms with Gasteiger partial charge in [-0.15, -0.1) is 0 Å². The minimum absolute atomic E-state index is 0.692. The maximum atomic E-state index is 9.87. The van der Waals surface area contributed by atoms with Gasteiger partial charge in [-0.25, -0.2) is 0 Å². The van der Waals surface area contributed by atoms with Gasteiger partial charge in [-0.1, -0.05) is 0 Å². The van der Waals surface area contributed by atoms with Gasteiger partial charge in [0, 0.05) is 0 Å². The molecular formula is C22H40O22. The summed E-state index contributed by atoms with van der Waals surface area (Å²) in [4.78, 5) is 0. The van der Waals surface area contributed by atoms with Crippen LogP contribution in [-0.2, 0) is 28.4 Å². The van der Waals surface area contributed by atoms with E-state index in [-0.39, 0.29) is 0 Å². The van der Waals surface area contributed by atoms with Crippen LogP contribution < -0.4 is 0 Å². The van der Waals surface area contributed by atoms with Crippen molar-refractivity contribution in [2.75, 3.05) is 13.2 Å². The molecule has 0 amide bonds. The molecule has 10 unspecified atom stereocenters. The fraction of sp³-hybridized carbons (Fsp3) is 1.00. The van der Waals surface area contributed by atoms with Crippen molar-refractivity contribution in [1.29, 1.82) is 0 Å². The van der Waals surface area contributed by atoms with Gasteiger partial charge >= 0.3 is 0 Å². The Morgan fingerprint density at radius 1 is 0.341 bits per heavy atom. The highest BCUT2D eigenvalue weighted by Gasteiger charge is 2.51. The molecule has 4 aliphatic rings. The summed E-state index contributed by atoms with van der Waals surface area (Å²) in [5, 5.41) is 152. The number of aliphatic hydroxyl groups is 16. The quantitative estimate of drug-likeness (QED) is 0.126. The molecule has 0 radical (unpaired) electrons. The minimum Gasteiger partial charge on any atom is -0.394 e. The monoisotopic (exact) mass is 656 g/mol. The van der Waals surface area contributed by atoms with Crippen molar-refractivity contribution < 1.29 is 110 Å². The highest BCUT2D eigenvalue weighted by atomic mass is 16.8. The number of ether oxygens (including phenoxy) is 6. The summed E-state index contributed by atoms with van der Waals surface area (Å²) in [7, 11) is 0. The highest BCUT2D eigenvalue weighted by Crippen LogP contribution is 2.29. The number of hydrogen-bond donors (Lipinski definition) is 16. The van der Waals surface area contributed by atoms with E-state index < -0.39 is 136 Å². The molecule has 0 saturated carbocycles. The molecule has 4 saturated heterocycles. The van der Waals surface area contributed by atoms with Crippen LogP contribution in [0.4, 0.5) is 0 Å². The topological polar surface area (TPSA) is 379 Å². The van der Waals surface area contributed by atoms with Crippen LogP contribution in [-0.4, -0.2) is 218 Å². The molecule has 4 aliphatic heterocycles. The van der Waals surface area contributed by atoms with Gasteiger partial charge in [-0.3, -0.25) is 0 Å². The van der Waals surface area contributed by atoms with E-state index in [0.29, 0.717) is 0 Å². The van der Waals surface area contributed by atoms with Crippen LogP contribution >= 0.6 is 0 Å². The molecule has 4 fully saturated rings. The average molecular weight is 657 g/mol. The molecule has 22 heteroatoms. The van der Waals surface area contributed by atoms with Crippen molar-refractivity contribution >= 4 is 0 Å². The SMILES string of the molecule is OC[C@H]1O[C@@H](O)[C@H](O)[C@H](O)[C@@H]1OC1OC(O)C(O)C(O)C1O.OC[C@H]1O[C@@H](O)[C@H](O)[C@H](O)[C@@H]1OC1OC(O)C(O)C(O)C1O. The van der Waals surface area contributed by atoms with E-state index in [1.54, 1.807) is 0 Å². The highest BCUT2D eigenvalue weighted by molar-refractivity contribution is 4.93. The summed E-state index contributed by atoms with van der Waals surface area (Å²) >= 11 is 0. The van der Waals surface area contributed by atoms with E-state index in [0.717, 1.165) is 0 Å². The first-order valence-corrected chi connectivity index (χ1v) is 13.2. The van der Waals surface area contributed by atoms with Crippen molar-refractivity contribution in [1.82, 2.24) is 0 Å². The third kappa shape index (κ3) is 7.97. The summed E-state index contributed by atoms with van der Waals surface area (Å²) in [5.41, 5.74) is 0. The van der Waals surface area contributed by atoms with E-state index in [1.807, 2.05) is 0 Å². The molecular weight excluding hydrogens is 616 g/mol. The van der Waals surface area contributed by atoms with Gasteiger partial charge in [0.2, 0.25) is 0 Å². The summed E-state index contributed by atoms with van der Waals surface area (Å²) in [6.45, 7) is -1.38. The van der Waals surface area contributed by atoms with Gasteiger partial charge in [0.15, 0.2) is 37.7 Å². The number of hydrogen-bond acceptors (Lipinski definition) is 22. The second kappa shape index (κ2) is 15.8. The van der Waals surface area contributed by atoms with Crippen LogP contribution in [0.1, 0.15) is 0 Å². The van der Waals surface area contributed by atoms with E-state index in [2.05, 4.69) is 0 Å². The first-order chi connectivity index (χ1) is 20.5. The van der Waals surface area contributed by atoms with Crippen LogP contribution in [0.5, 0.6) is 0 Å². The fourth-order valence-corrected chi connectivity index (χ4v) is 4.67. The Morgan fingerprint density at radius 2 is 0.614 bits per heavy atom. The van der Waals surface area contributed by atoms with E-state index in [1.165, 1.54) is 0 Å². The minimum atomic E-state index is -1.85. The maximum Gasteiger partial charge on any atom is 0.189 e. The number of rotatable bonds is 6. The Labute approximate surface area is 247 Å². The molecule has 260 valence electrons. The Kier molecular flexibility index (Phi) is 13.5. The zero-order valence-electron chi connectivity index (χ0n) is 22.6. The largest absolute Gasteiger partial charge is 0.394 e. The van der Waals surface area contributed by atoms with Crippen molar-refractivity contribution in [3.05, 3.63) is 0 Å². The first-order valence-electron chi connectivity index (χ1n) is 13.2. The molecule has 0 aromatic carbocycles. The lowest BCUT2D eigenvalue weighted by Crippen LogP contribution is -2.64. The molecule has 4 heterocycles. The summed E-state index contributed by atoms with van der Waals surface area (Å²) in [6.07, 6.45) is -33.4. The molecule has 44 heavy (non-hydrogen) atoms. The fourth-order valence-electron chi connectivity index (χ4n) is 4.67. The first kappa shape index (κ1) is 37.6. The smallest absolute Gasteiger partial charge is 0.189 e. The molecule has 0 aromatic heterocycles. The Bertz CT molecular complexity index is 800. The lowest BCUT2D eigenvalue weighted by Gasteiger charge is -2.44. The summed E-state index contributed by atoms with van der Waals surface area (Å²) in [6, 6.07) is 0. The van der Waals surface area contributed by atoms with Gasteiger partial charge in [0.05, 0.1) is 13.2 Å². The van der Waals surface area contributed by atoms with Crippen LogP contribution in [0.15, 0.2) is 0 Å². The van der Waals surface area contributed by atoms with E-state index in [9.17, 15) is 81.7 Å². The summed E-state index contributed by atoms with van der Waals surface area (Å²) < 4.78 is 29.5. The lowest BCUT2D eigenvalue weighted by molar-refractivity contribution is -0.375. The Morgan fingerprint density at radius 3 is 0.909 bits per heavy atom. The van der Waals surface area contributed by atoms with Gasteiger partial charge in [0.1, 0.15) is 85.5 Å². The predicted molar refractivity (Wildman–Crippen MR) is 128 cm³/mol. The van der Waals surface area contributed by atoms with Crippen LogP contribution in [0, 0.1) is 0 Å². The number of aliphatic hydroxyl groups excluding tert-OH is 16. The van der Waals surface area contributed by atoms with Crippen molar-refractivity contribution in [2.24, 2.45) is 0 Å². The van der Waals surface area contributed by atoms with Gasteiger partial charge in [0.25, 0.3) is 0 Å². The second-order valence-corrected chi connectivity index (χ2v) is 10.4. The second-order valence-electron chi connectivity index (χ2n) is 10.4. The maximum absolute atomic E-state index is 9.87. The third-order valence-corrected chi connectivity index (χ3v) is 7.35. The Balaban J connectivity index is 0.000000240. The standard InChI is InChI=1S/2C11H20O11/c2*12-1-2-8(4(14)6(16)9(18)20-2)21-11-7(17)3(13)5(15)10(19)22-11/h2*2-19H,1H2/t2*2-,3?,4+,5?,6-,7?,8-,9-,10?,11?/m11/s1. The average Bonchev–Trinajstić information content (AvgIpc) is 3.00. The predicted octanol–water partition coefficient (Wildman–Crippen LogP) is -10.9.